The van der Waals surface area contributed by atoms with E-state index in [1.54, 1.807) is 0 Å². The quantitative estimate of drug-likeness (QED) is 0.764. The zero-order valence-electron chi connectivity index (χ0n) is 11.8. The van der Waals surface area contributed by atoms with E-state index in [9.17, 15) is 4.79 Å². The van der Waals surface area contributed by atoms with Crippen molar-refractivity contribution in [1.29, 1.82) is 0 Å². The summed E-state index contributed by atoms with van der Waals surface area (Å²) >= 11 is 6.85. The third kappa shape index (κ3) is 3.59. The molecule has 5 heteroatoms. The molecule has 22 heavy (non-hydrogen) atoms. The second-order valence-electron chi connectivity index (χ2n) is 5.18. The SMILES string of the molecule is O=C(CC1OCCc2ccccc21)Nc1ccc(Br)cc1Br. The van der Waals surface area contributed by atoms with E-state index >= 15 is 0 Å². The van der Waals surface area contributed by atoms with E-state index in [1.807, 2.05) is 36.4 Å². The van der Waals surface area contributed by atoms with Crippen LogP contribution >= 0.6 is 31.9 Å². The van der Waals surface area contributed by atoms with Crippen LogP contribution in [0.2, 0.25) is 0 Å². The molecule has 0 fully saturated rings. The van der Waals surface area contributed by atoms with Gasteiger partial charge in [0.25, 0.3) is 0 Å². The van der Waals surface area contributed by atoms with Crippen LogP contribution in [0.5, 0.6) is 0 Å². The van der Waals surface area contributed by atoms with Crippen LogP contribution in [-0.4, -0.2) is 12.5 Å². The van der Waals surface area contributed by atoms with E-state index in [4.69, 9.17) is 4.74 Å². The number of hydrogen-bond donors (Lipinski definition) is 1. The molecule has 0 radical (unpaired) electrons. The maximum absolute atomic E-state index is 12.3. The lowest BCUT2D eigenvalue weighted by atomic mass is 9.95. The van der Waals surface area contributed by atoms with Crippen LogP contribution in [-0.2, 0) is 16.0 Å². The normalized spacial score (nSPS) is 16.9. The molecule has 1 unspecified atom stereocenters. The van der Waals surface area contributed by atoms with Gasteiger partial charge >= 0.3 is 0 Å². The topological polar surface area (TPSA) is 38.3 Å². The van der Waals surface area contributed by atoms with Crippen molar-refractivity contribution < 1.29 is 9.53 Å². The number of ether oxygens (including phenoxy) is 1. The highest BCUT2D eigenvalue weighted by Crippen LogP contribution is 2.31. The Morgan fingerprint density at radius 1 is 1.23 bits per heavy atom. The fourth-order valence-corrected chi connectivity index (χ4v) is 3.75. The molecule has 0 saturated heterocycles. The summed E-state index contributed by atoms with van der Waals surface area (Å²) in [5, 5.41) is 2.93. The van der Waals surface area contributed by atoms with Crippen LogP contribution in [0.15, 0.2) is 51.4 Å². The van der Waals surface area contributed by atoms with Gasteiger partial charge < -0.3 is 10.1 Å². The number of fused-ring (bicyclic) bond motifs is 1. The Morgan fingerprint density at radius 2 is 2.05 bits per heavy atom. The lowest BCUT2D eigenvalue weighted by Gasteiger charge is -2.25. The van der Waals surface area contributed by atoms with Gasteiger partial charge in [0.1, 0.15) is 0 Å². The smallest absolute Gasteiger partial charge is 0.227 e. The minimum Gasteiger partial charge on any atom is -0.373 e. The number of anilines is 1. The van der Waals surface area contributed by atoms with E-state index in [2.05, 4.69) is 43.2 Å². The molecule has 0 spiro atoms. The third-order valence-electron chi connectivity index (χ3n) is 3.67. The fraction of sp³-hybridized carbons (Fsp3) is 0.235. The van der Waals surface area contributed by atoms with Crippen molar-refractivity contribution in [3.63, 3.8) is 0 Å². The lowest BCUT2D eigenvalue weighted by Crippen LogP contribution is -2.22. The van der Waals surface area contributed by atoms with Crippen molar-refractivity contribution in [2.24, 2.45) is 0 Å². The predicted octanol–water partition coefficient (Wildman–Crippen LogP) is 4.85. The summed E-state index contributed by atoms with van der Waals surface area (Å²) in [6, 6.07) is 13.8. The Morgan fingerprint density at radius 3 is 2.86 bits per heavy atom. The van der Waals surface area contributed by atoms with Crippen LogP contribution in [0.25, 0.3) is 0 Å². The Bertz CT molecular complexity index is 703. The molecule has 3 rings (SSSR count). The molecule has 1 N–H and O–H groups in total. The first-order valence-corrected chi connectivity index (χ1v) is 8.66. The van der Waals surface area contributed by atoms with Crippen LogP contribution in [0.4, 0.5) is 5.69 Å². The van der Waals surface area contributed by atoms with Crippen molar-refractivity contribution in [2.75, 3.05) is 11.9 Å². The molecule has 0 bridgehead atoms. The molecule has 2 aromatic carbocycles. The first-order valence-electron chi connectivity index (χ1n) is 7.08. The molecule has 1 heterocycles. The van der Waals surface area contributed by atoms with Crippen molar-refractivity contribution in [2.45, 2.75) is 18.9 Å². The van der Waals surface area contributed by atoms with Crippen molar-refractivity contribution in [1.82, 2.24) is 0 Å². The van der Waals surface area contributed by atoms with Crippen molar-refractivity contribution in [3.05, 3.63) is 62.5 Å². The van der Waals surface area contributed by atoms with E-state index in [1.165, 1.54) is 5.56 Å². The van der Waals surface area contributed by atoms with Crippen LogP contribution in [0.3, 0.4) is 0 Å². The van der Waals surface area contributed by atoms with E-state index < -0.39 is 0 Å². The zero-order valence-corrected chi connectivity index (χ0v) is 15.0. The molecule has 0 saturated carbocycles. The highest BCUT2D eigenvalue weighted by Gasteiger charge is 2.23. The third-order valence-corrected chi connectivity index (χ3v) is 4.82. The van der Waals surface area contributed by atoms with Gasteiger partial charge in [-0.15, -0.1) is 0 Å². The highest BCUT2D eigenvalue weighted by atomic mass is 79.9. The fourth-order valence-electron chi connectivity index (χ4n) is 2.61. The van der Waals surface area contributed by atoms with Crippen molar-refractivity contribution in [3.8, 4) is 0 Å². The van der Waals surface area contributed by atoms with Gasteiger partial charge in [0.05, 0.1) is 24.8 Å². The summed E-state index contributed by atoms with van der Waals surface area (Å²) in [6.45, 7) is 0.664. The summed E-state index contributed by atoms with van der Waals surface area (Å²) in [5.74, 6) is -0.0512. The maximum Gasteiger partial charge on any atom is 0.227 e. The predicted molar refractivity (Wildman–Crippen MR) is 93.9 cm³/mol. The number of amides is 1. The number of halogens is 2. The number of carbonyl (C=O) groups excluding carboxylic acids is 1. The minimum absolute atomic E-state index is 0.0512. The first-order chi connectivity index (χ1) is 10.6. The monoisotopic (exact) mass is 423 g/mol. The molecule has 1 aliphatic rings. The highest BCUT2D eigenvalue weighted by molar-refractivity contribution is 9.11. The summed E-state index contributed by atoms with van der Waals surface area (Å²) in [6.07, 6.45) is 1.06. The Hall–Kier alpha value is -1.17. The second-order valence-corrected chi connectivity index (χ2v) is 6.95. The molecular weight excluding hydrogens is 410 g/mol. The van der Waals surface area contributed by atoms with Gasteiger partial charge in [-0.25, -0.2) is 0 Å². The minimum atomic E-state index is -0.167. The van der Waals surface area contributed by atoms with Gasteiger partial charge in [0.15, 0.2) is 0 Å². The number of nitrogens with one attached hydrogen (secondary N) is 1. The Kier molecular flexibility index (Phi) is 4.96. The standard InChI is InChI=1S/C17H15Br2NO2/c18-12-5-6-15(14(19)9-12)20-17(21)10-16-13-4-2-1-3-11(13)7-8-22-16/h1-6,9,16H,7-8,10H2,(H,20,21). The average molecular weight is 425 g/mol. The molecule has 1 amide bonds. The van der Waals surface area contributed by atoms with Crippen LogP contribution in [0, 0.1) is 0 Å². The summed E-state index contributed by atoms with van der Waals surface area (Å²) in [4.78, 5) is 12.3. The van der Waals surface area contributed by atoms with Gasteiger partial charge in [0, 0.05) is 8.95 Å². The molecule has 3 nitrogen and oxygen atoms in total. The van der Waals surface area contributed by atoms with Crippen LogP contribution in [0.1, 0.15) is 23.7 Å². The first kappa shape index (κ1) is 15.7. The number of benzene rings is 2. The molecule has 1 atom stereocenters. The maximum atomic E-state index is 12.3. The molecule has 2 aromatic rings. The van der Waals surface area contributed by atoms with E-state index in [-0.39, 0.29) is 12.0 Å². The Balaban J connectivity index is 1.70. The molecule has 0 aromatic heterocycles. The number of hydrogen-bond acceptors (Lipinski definition) is 2. The number of rotatable bonds is 3. The van der Waals surface area contributed by atoms with Crippen LogP contribution < -0.4 is 5.32 Å². The van der Waals surface area contributed by atoms with Gasteiger partial charge in [-0.05, 0) is 51.7 Å². The van der Waals surface area contributed by atoms with E-state index in [0.29, 0.717) is 13.0 Å². The summed E-state index contributed by atoms with van der Waals surface area (Å²) < 4.78 is 7.59. The molecule has 1 aliphatic heterocycles. The number of carbonyl (C=O) groups is 1. The van der Waals surface area contributed by atoms with Gasteiger partial charge in [-0.2, -0.15) is 0 Å². The molecular formula is C17H15Br2NO2. The molecule has 114 valence electrons. The largest absolute Gasteiger partial charge is 0.373 e. The Labute approximate surface area is 146 Å². The van der Waals surface area contributed by atoms with Gasteiger partial charge in [-0.3, -0.25) is 4.79 Å². The summed E-state index contributed by atoms with van der Waals surface area (Å²) in [7, 11) is 0. The van der Waals surface area contributed by atoms with Crippen molar-refractivity contribution >= 4 is 43.5 Å². The molecule has 0 aliphatic carbocycles. The average Bonchev–Trinajstić information content (AvgIpc) is 2.50. The van der Waals surface area contributed by atoms with E-state index in [0.717, 1.165) is 26.6 Å². The van der Waals surface area contributed by atoms with Gasteiger partial charge in [0.2, 0.25) is 5.91 Å². The summed E-state index contributed by atoms with van der Waals surface area (Å²) in [5.41, 5.74) is 3.16. The zero-order chi connectivity index (χ0) is 15.5. The second kappa shape index (κ2) is 6.94. The lowest BCUT2D eigenvalue weighted by molar-refractivity contribution is -0.119. The van der Waals surface area contributed by atoms with Gasteiger partial charge in [-0.1, -0.05) is 40.2 Å².